The number of rotatable bonds is 6. The van der Waals surface area contributed by atoms with Crippen LogP contribution >= 0.6 is 22.9 Å². The molecule has 1 saturated carbocycles. The number of benzene rings is 1. The molecule has 1 heterocycles. The second-order valence-electron chi connectivity index (χ2n) is 6.32. The molecule has 1 unspecified atom stereocenters. The van der Waals surface area contributed by atoms with Gasteiger partial charge < -0.3 is 10.4 Å². The topological polar surface area (TPSA) is 79.3 Å². The molecule has 1 atom stereocenters. The van der Waals surface area contributed by atoms with Crippen molar-refractivity contribution < 1.29 is 14.7 Å². The molecule has 0 spiro atoms. The van der Waals surface area contributed by atoms with E-state index in [4.69, 9.17) is 16.7 Å². The number of anilines is 1. The van der Waals surface area contributed by atoms with Crippen LogP contribution in [0.1, 0.15) is 54.1 Å². The van der Waals surface area contributed by atoms with E-state index < -0.39 is 5.97 Å². The third-order valence-electron chi connectivity index (χ3n) is 4.59. The molecule has 1 amide bonds. The molecule has 0 saturated heterocycles. The molecule has 1 aliphatic rings. The molecular weight excluding hydrogens is 360 g/mol. The monoisotopic (exact) mass is 378 g/mol. The van der Waals surface area contributed by atoms with Crippen LogP contribution in [0.15, 0.2) is 29.6 Å². The normalized spacial score (nSPS) is 15.9. The van der Waals surface area contributed by atoms with E-state index in [1.54, 1.807) is 12.1 Å². The third-order valence-corrected chi connectivity index (χ3v) is 5.60. The molecule has 3 rings (SSSR count). The van der Waals surface area contributed by atoms with Crippen molar-refractivity contribution in [1.82, 2.24) is 4.98 Å². The summed E-state index contributed by atoms with van der Waals surface area (Å²) in [7, 11) is 0. The molecule has 0 radical (unpaired) electrons. The minimum atomic E-state index is -1.10. The summed E-state index contributed by atoms with van der Waals surface area (Å²) < 4.78 is 0. The zero-order chi connectivity index (χ0) is 17.8. The maximum Gasteiger partial charge on any atom is 0.355 e. The zero-order valence-corrected chi connectivity index (χ0v) is 15.1. The fourth-order valence-corrected chi connectivity index (χ4v) is 4.10. The Kier molecular flexibility index (Phi) is 5.71. The second kappa shape index (κ2) is 7.97. The summed E-state index contributed by atoms with van der Waals surface area (Å²) in [6, 6.07) is 7.34. The summed E-state index contributed by atoms with van der Waals surface area (Å²) in [6.45, 7) is 0. The van der Waals surface area contributed by atoms with Gasteiger partial charge in [-0.05, 0) is 30.0 Å². The molecule has 1 aliphatic carbocycles. The molecule has 2 N–H and O–H groups in total. The largest absolute Gasteiger partial charge is 0.476 e. The number of hydrogen-bond acceptors (Lipinski definition) is 4. The van der Waals surface area contributed by atoms with Crippen LogP contribution in [0.25, 0.3) is 0 Å². The maximum atomic E-state index is 12.8. The lowest BCUT2D eigenvalue weighted by atomic mass is 9.87. The molecule has 0 aliphatic heterocycles. The summed E-state index contributed by atoms with van der Waals surface area (Å²) in [5, 5.41) is 14.1. The van der Waals surface area contributed by atoms with Crippen molar-refractivity contribution in [3.8, 4) is 0 Å². The molecule has 7 heteroatoms. The van der Waals surface area contributed by atoms with Gasteiger partial charge in [-0.2, -0.15) is 0 Å². The van der Waals surface area contributed by atoms with Crippen molar-refractivity contribution in [3.05, 3.63) is 45.9 Å². The van der Waals surface area contributed by atoms with Crippen LogP contribution in [0, 0.1) is 5.92 Å². The van der Waals surface area contributed by atoms with Crippen LogP contribution in [0.4, 0.5) is 5.13 Å². The van der Waals surface area contributed by atoms with E-state index >= 15 is 0 Å². The standard InChI is InChI=1S/C18H19ClN2O3S/c19-13-7-5-12(6-8-13)14(9-11-3-1-2-4-11)16(22)21-18-20-15(10-25-18)17(23)24/h5-8,10-11,14H,1-4,9H2,(H,23,24)(H,20,21,22). The van der Waals surface area contributed by atoms with E-state index in [1.165, 1.54) is 18.2 Å². The van der Waals surface area contributed by atoms with E-state index in [2.05, 4.69) is 10.3 Å². The molecule has 132 valence electrons. The fourth-order valence-electron chi connectivity index (χ4n) is 3.29. The van der Waals surface area contributed by atoms with Gasteiger partial charge in [-0.25, -0.2) is 9.78 Å². The first-order valence-corrected chi connectivity index (χ1v) is 9.54. The Morgan fingerprint density at radius 1 is 1.28 bits per heavy atom. The highest BCUT2D eigenvalue weighted by molar-refractivity contribution is 7.14. The van der Waals surface area contributed by atoms with Crippen molar-refractivity contribution in [1.29, 1.82) is 0 Å². The minimum absolute atomic E-state index is 0.0564. The van der Waals surface area contributed by atoms with Gasteiger partial charge in [0.1, 0.15) is 0 Å². The lowest BCUT2D eigenvalue weighted by Crippen LogP contribution is -2.23. The lowest BCUT2D eigenvalue weighted by Gasteiger charge is -2.20. The number of carboxylic acid groups (broad SMARTS) is 1. The summed E-state index contributed by atoms with van der Waals surface area (Å²) in [4.78, 5) is 27.7. The average molecular weight is 379 g/mol. The Morgan fingerprint density at radius 3 is 2.56 bits per heavy atom. The van der Waals surface area contributed by atoms with Crippen LogP contribution in [-0.4, -0.2) is 22.0 Å². The quantitative estimate of drug-likeness (QED) is 0.756. The number of carboxylic acids is 1. The van der Waals surface area contributed by atoms with E-state index in [0.717, 1.165) is 36.2 Å². The van der Waals surface area contributed by atoms with E-state index in [-0.39, 0.29) is 17.5 Å². The fraction of sp³-hybridized carbons (Fsp3) is 0.389. The highest BCUT2D eigenvalue weighted by Crippen LogP contribution is 2.35. The van der Waals surface area contributed by atoms with Gasteiger partial charge in [0.05, 0.1) is 5.92 Å². The number of hydrogen-bond donors (Lipinski definition) is 2. The third kappa shape index (κ3) is 4.58. The number of thiazole rings is 1. The number of nitrogens with one attached hydrogen (secondary N) is 1. The van der Waals surface area contributed by atoms with Crippen molar-refractivity contribution >= 4 is 39.9 Å². The predicted molar refractivity (Wildman–Crippen MR) is 98.5 cm³/mol. The van der Waals surface area contributed by atoms with E-state index in [9.17, 15) is 9.59 Å². The number of carbonyl (C=O) groups excluding carboxylic acids is 1. The lowest BCUT2D eigenvalue weighted by molar-refractivity contribution is -0.118. The highest BCUT2D eigenvalue weighted by atomic mass is 35.5. The van der Waals surface area contributed by atoms with Crippen LogP contribution in [0.5, 0.6) is 0 Å². The van der Waals surface area contributed by atoms with Crippen LogP contribution in [0.3, 0.4) is 0 Å². The van der Waals surface area contributed by atoms with Gasteiger partial charge in [0, 0.05) is 10.4 Å². The molecule has 1 fully saturated rings. The Bertz CT molecular complexity index is 754. The Balaban J connectivity index is 1.77. The molecular formula is C18H19ClN2O3S. The van der Waals surface area contributed by atoms with Gasteiger partial charge in [0.2, 0.25) is 5.91 Å². The van der Waals surface area contributed by atoms with Gasteiger partial charge in [0.15, 0.2) is 10.8 Å². The first-order valence-electron chi connectivity index (χ1n) is 8.28. The molecule has 1 aromatic heterocycles. The molecule has 1 aromatic carbocycles. The first kappa shape index (κ1) is 17.9. The SMILES string of the molecule is O=C(O)c1csc(NC(=O)C(CC2CCCC2)c2ccc(Cl)cc2)n1. The molecule has 0 bridgehead atoms. The molecule has 2 aromatic rings. The summed E-state index contributed by atoms with van der Waals surface area (Å²) in [5.41, 5.74) is 0.864. The number of aromatic carboxylic acids is 1. The van der Waals surface area contributed by atoms with Crippen LogP contribution in [-0.2, 0) is 4.79 Å². The van der Waals surface area contributed by atoms with Crippen molar-refractivity contribution in [2.24, 2.45) is 5.92 Å². The van der Waals surface area contributed by atoms with E-state index in [0.29, 0.717) is 16.1 Å². The van der Waals surface area contributed by atoms with Gasteiger partial charge in [-0.3, -0.25) is 4.79 Å². The van der Waals surface area contributed by atoms with Gasteiger partial charge >= 0.3 is 5.97 Å². The van der Waals surface area contributed by atoms with Crippen molar-refractivity contribution in [2.45, 2.75) is 38.0 Å². The number of halogens is 1. The number of aromatic nitrogens is 1. The zero-order valence-electron chi connectivity index (χ0n) is 13.6. The first-order chi connectivity index (χ1) is 12.0. The summed E-state index contributed by atoms with van der Waals surface area (Å²) >= 11 is 7.08. The Morgan fingerprint density at radius 2 is 1.96 bits per heavy atom. The van der Waals surface area contributed by atoms with Gasteiger partial charge in [-0.1, -0.05) is 49.4 Å². The smallest absolute Gasteiger partial charge is 0.355 e. The van der Waals surface area contributed by atoms with Gasteiger partial charge in [-0.15, -0.1) is 11.3 Å². The van der Waals surface area contributed by atoms with Crippen molar-refractivity contribution in [2.75, 3.05) is 5.32 Å². The van der Waals surface area contributed by atoms with Gasteiger partial charge in [0.25, 0.3) is 0 Å². The maximum absolute atomic E-state index is 12.8. The Labute approximate surface area is 155 Å². The second-order valence-corrected chi connectivity index (χ2v) is 7.62. The number of nitrogens with zero attached hydrogens (tertiary/aromatic N) is 1. The molecule has 5 nitrogen and oxygen atoms in total. The van der Waals surface area contributed by atoms with E-state index in [1.807, 2.05) is 12.1 Å². The highest BCUT2D eigenvalue weighted by Gasteiger charge is 2.27. The minimum Gasteiger partial charge on any atom is -0.476 e. The summed E-state index contributed by atoms with van der Waals surface area (Å²) in [5.74, 6) is -1.01. The number of carbonyl (C=O) groups is 2. The Hall–Kier alpha value is -1.92. The number of amides is 1. The average Bonchev–Trinajstić information content (AvgIpc) is 3.25. The molecule has 25 heavy (non-hydrogen) atoms. The predicted octanol–water partition coefficient (Wildman–Crippen LogP) is 4.80. The van der Waals surface area contributed by atoms with Crippen LogP contribution < -0.4 is 5.32 Å². The van der Waals surface area contributed by atoms with Crippen molar-refractivity contribution in [3.63, 3.8) is 0 Å². The van der Waals surface area contributed by atoms with Crippen LogP contribution in [0.2, 0.25) is 5.02 Å². The summed E-state index contributed by atoms with van der Waals surface area (Å²) in [6.07, 6.45) is 5.52.